The van der Waals surface area contributed by atoms with Gasteiger partial charge in [-0.3, -0.25) is 24.5 Å². The van der Waals surface area contributed by atoms with Crippen LogP contribution in [0.2, 0.25) is 5.02 Å². The lowest BCUT2D eigenvalue weighted by molar-refractivity contribution is -0.137. The standard InChI is InChI=1S/C47H50ClF2N7O6S/c1-2-40(59)55-18-20-56(21-19-55)45-31-23-34(48)41(43(50)44(31)52-28-53-45)42-35(49)9-8-10-37(42)62-22-7-5-3-4-6-17-51-24-29-11-13-30(14-12-29)63-26-38-32-25-57(47(61)33(32)27-64-38)36-15-16-39(58)54-46(36)60/h8-14,23,27-28,36,51H,2-7,15-22,24-26H2,1H3,(H,54,58,60)/t36-/m0/s1. The molecule has 2 aromatic heterocycles. The first-order valence-electron chi connectivity index (χ1n) is 21.8. The molecule has 0 spiro atoms. The molecule has 2 N–H and O–H groups in total. The van der Waals surface area contributed by atoms with Crippen molar-refractivity contribution in [3.05, 3.63) is 98.5 Å². The minimum absolute atomic E-state index is 0.0206. The molecule has 1 atom stereocenters. The average Bonchev–Trinajstić information content (AvgIpc) is 3.85. The number of nitrogens with zero attached hydrogens (tertiary/aromatic N) is 5. The van der Waals surface area contributed by atoms with Crippen molar-refractivity contribution in [3.8, 4) is 22.6 Å². The van der Waals surface area contributed by atoms with Gasteiger partial charge in [0.1, 0.15) is 47.6 Å². The van der Waals surface area contributed by atoms with Crippen molar-refractivity contribution in [3.63, 3.8) is 0 Å². The lowest BCUT2D eigenvalue weighted by Gasteiger charge is -2.35. The second kappa shape index (κ2) is 20.4. The molecule has 64 heavy (non-hydrogen) atoms. The first kappa shape index (κ1) is 44.9. The Labute approximate surface area is 379 Å². The van der Waals surface area contributed by atoms with Crippen LogP contribution in [-0.4, -0.2) is 88.8 Å². The Morgan fingerprint density at radius 2 is 1.75 bits per heavy atom. The average molecular weight is 914 g/mol. The summed E-state index contributed by atoms with van der Waals surface area (Å²) in [5.41, 5.74) is 2.48. The molecule has 17 heteroatoms. The number of carbonyl (C=O) groups is 4. The van der Waals surface area contributed by atoms with Gasteiger partial charge in [-0.15, -0.1) is 11.3 Å². The number of piperazine rings is 1. The summed E-state index contributed by atoms with van der Waals surface area (Å²) in [6, 6.07) is 13.3. The van der Waals surface area contributed by atoms with Gasteiger partial charge >= 0.3 is 0 Å². The van der Waals surface area contributed by atoms with Crippen LogP contribution >= 0.6 is 22.9 Å². The Kier molecular flexibility index (Phi) is 14.3. The predicted octanol–water partition coefficient (Wildman–Crippen LogP) is 7.81. The molecular formula is C47H50ClF2N7O6S. The van der Waals surface area contributed by atoms with Gasteiger partial charge in [0, 0.05) is 78.9 Å². The first-order valence-corrected chi connectivity index (χ1v) is 23.1. The van der Waals surface area contributed by atoms with Crippen LogP contribution < -0.4 is 25.0 Å². The van der Waals surface area contributed by atoms with E-state index < -0.39 is 23.6 Å². The third kappa shape index (κ3) is 9.83. The van der Waals surface area contributed by atoms with Crippen LogP contribution in [0.15, 0.2) is 60.2 Å². The van der Waals surface area contributed by atoms with Crippen LogP contribution in [0.5, 0.6) is 11.5 Å². The van der Waals surface area contributed by atoms with Crippen LogP contribution in [0.1, 0.15) is 84.7 Å². The molecule has 8 rings (SSSR count). The molecular weight excluding hydrogens is 864 g/mol. The highest BCUT2D eigenvalue weighted by atomic mass is 35.5. The van der Waals surface area contributed by atoms with Crippen molar-refractivity contribution in [2.75, 3.05) is 44.2 Å². The van der Waals surface area contributed by atoms with Gasteiger partial charge in [0.2, 0.25) is 17.7 Å². The monoisotopic (exact) mass is 913 g/mol. The molecule has 336 valence electrons. The molecule has 4 amide bonds. The molecule has 0 aliphatic carbocycles. The van der Waals surface area contributed by atoms with Gasteiger partial charge in [0.25, 0.3) is 5.91 Å². The number of amides is 4. The van der Waals surface area contributed by atoms with E-state index in [2.05, 4.69) is 20.6 Å². The number of hydrogen-bond acceptors (Lipinski definition) is 11. The number of anilines is 1. The summed E-state index contributed by atoms with van der Waals surface area (Å²) in [5, 5.41) is 8.09. The summed E-state index contributed by atoms with van der Waals surface area (Å²) in [6.07, 6.45) is 6.97. The van der Waals surface area contributed by atoms with E-state index in [-0.39, 0.29) is 51.6 Å². The van der Waals surface area contributed by atoms with Gasteiger partial charge in [-0.25, -0.2) is 18.7 Å². The quantitative estimate of drug-likeness (QED) is 0.0660. The molecule has 3 aliphatic heterocycles. The molecule has 5 aromatic rings. The Balaban J connectivity index is 0.748. The van der Waals surface area contributed by atoms with E-state index in [4.69, 9.17) is 21.1 Å². The van der Waals surface area contributed by atoms with Gasteiger partial charge in [-0.2, -0.15) is 0 Å². The second-order valence-corrected chi connectivity index (χ2v) is 17.5. The van der Waals surface area contributed by atoms with Crippen molar-refractivity contribution in [2.45, 2.75) is 84.0 Å². The third-order valence-electron chi connectivity index (χ3n) is 12.0. The van der Waals surface area contributed by atoms with Crippen molar-refractivity contribution >= 4 is 63.3 Å². The number of fused-ring (bicyclic) bond motifs is 2. The Bertz CT molecular complexity index is 2530. The first-order chi connectivity index (χ1) is 31.1. The Morgan fingerprint density at radius 3 is 2.53 bits per heavy atom. The molecule has 13 nitrogen and oxygen atoms in total. The molecule has 0 unspecified atom stereocenters. The third-order valence-corrected chi connectivity index (χ3v) is 13.3. The zero-order valence-corrected chi connectivity index (χ0v) is 37.2. The largest absolute Gasteiger partial charge is 0.493 e. The fourth-order valence-corrected chi connectivity index (χ4v) is 9.76. The summed E-state index contributed by atoms with van der Waals surface area (Å²) in [4.78, 5) is 64.1. The molecule has 0 saturated carbocycles. The minimum atomic E-state index is -0.752. The van der Waals surface area contributed by atoms with Crippen LogP contribution in [0.25, 0.3) is 22.0 Å². The number of nitrogens with one attached hydrogen (secondary N) is 2. The van der Waals surface area contributed by atoms with Crippen LogP contribution in [0.4, 0.5) is 14.6 Å². The van der Waals surface area contributed by atoms with Crippen molar-refractivity contribution in [2.24, 2.45) is 0 Å². The lowest BCUT2D eigenvalue weighted by Crippen LogP contribution is -2.52. The lowest BCUT2D eigenvalue weighted by atomic mass is 10.0. The number of hydrogen-bond donors (Lipinski definition) is 2. The minimum Gasteiger partial charge on any atom is -0.493 e. The van der Waals surface area contributed by atoms with Crippen LogP contribution in [0.3, 0.4) is 0 Å². The molecule has 2 saturated heterocycles. The zero-order chi connectivity index (χ0) is 44.7. The number of halogens is 3. The number of thiophene rings is 1. The number of ether oxygens (including phenoxy) is 2. The topological polar surface area (TPSA) is 146 Å². The zero-order valence-electron chi connectivity index (χ0n) is 35.6. The van der Waals surface area contributed by atoms with E-state index >= 15 is 8.78 Å². The number of piperidine rings is 1. The fraction of sp³-hybridized carbons (Fsp3) is 0.404. The van der Waals surface area contributed by atoms with Gasteiger partial charge < -0.3 is 29.5 Å². The highest BCUT2D eigenvalue weighted by molar-refractivity contribution is 7.10. The van der Waals surface area contributed by atoms with E-state index in [1.54, 1.807) is 21.9 Å². The van der Waals surface area contributed by atoms with Gasteiger partial charge in [-0.1, -0.05) is 56.0 Å². The van der Waals surface area contributed by atoms with Crippen molar-refractivity contribution in [1.82, 2.24) is 30.4 Å². The SMILES string of the molecule is CCC(=O)N1CCN(c2ncnc3c(F)c(-c4c(F)cccc4OCCCCCCCNCc4ccc(OCc5scc6c5CN([C@H]5CCC(=O)NC5=O)C6=O)cc4)c(Cl)cc23)CC1. The van der Waals surface area contributed by atoms with E-state index in [1.807, 2.05) is 41.5 Å². The summed E-state index contributed by atoms with van der Waals surface area (Å²) in [7, 11) is 0. The molecule has 5 heterocycles. The molecule has 2 fully saturated rings. The highest BCUT2D eigenvalue weighted by Crippen LogP contribution is 2.43. The van der Waals surface area contributed by atoms with Crippen LogP contribution in [0, 0.1) is 11.6 Å². The summed E-state index contributed by atoms with van der Waals surface area (Å²) in [5.74, 6) is -0.790. The second-order valence-electron chi connectivity index (χ2n) is 16.2. The number of aromatic nitrogens is 2. The van der Waals surface area contributed by atoms with Crippen LogP contribution in [-0.2, 0) is 34.1 Å². The number of benzene rings is 3. The van der Waals surface area contributed by atoms with Crippen molar-refractivity contribution < 1.29 is 37.4 Å². The van der Waals surface area contributed by atoms with Gasteiger partial charge in [-0.05, 0) is 61.7 Å². The summed E-state index contributed by atoms with van der Waals surface area (Å²) in [6.45, 7) is 6.50. The molecule has 0 radical (unpaired) electrons. The smallest absolute Gasteiger partial charge is 0.256 e. The molecule has 0 bridgehead atoms. The Morgan fingerprint density at radius 1 is 0.969 bits per heavy atom. The van der Waals surface area contributed by atoms with Gasteiger partial charge in [0.05, 0.1) is 22.8 Å². The van der Waals surface area contributed by atoms with E-state index in [0.717, 1.165) is 66.9 Å². The molecule has 3 aliphatic rings. The predicted molar refractivity (Wildman–Crippen MR) is 240 cm³/mol. The maximum Gasteiger partial charge on any atom is 0.256 e. The van der Waals surface area contributed by atoms with E-state index in [9.17, 15) is 19.2 Å². The number of unbranched alkanes of at least 4 members (excludes halogenated alkanes) is 4. The van der Waals surface area contributed by atoms with E-state index in [0.29, 0.717) is 75.5 Å². The van der Waals surface area contributed by atoms with Crippen molar-refractivity contribution in [1.29, 1.82) is 0 Å². The maximum absolute atomic E-state index is 16.3. The number of imide groups is 1. The van der Waals surface area contributed by atoms with E-state index in [1.165, 1.54) is 29.8 Å². The summed E-state index contributed by atoms with van der Waals surface area (Å²) >= 11 is 8.20. The fourth-order valence-electron chi connectivity index (χ4n) is 8.53. The molecule has 3 aromatic carbocycles. The summed E-state index contributed by atoms with van der Waals surface area (Å²) < 4.78 is 43.9. The van der Waals surface area contributed by atoms with Gasteiger partial charge in [0.15, 0.2) is 5.82 Å². The number of rotatable bonds is 18. The highest BCUT2D eigenvalue weighted by Gasteiger charge is 2.40. The number of carbonyl (C=O) groups excluding carboxylic acids is 4. The normalized spacial score (nSPS) is 16.4. The maximum atomic E-state index is 16.3. The Hall–Kier alpha value is -5.71.